The smallest absolute Gasteiger partial charge is 0.330 e. The first kappa shape index (κ1) is 20.7. The lowest BCUT2D eigenvalue weighted by Crippen LogP contribution is -2.27. The van der Waals surface area contributed by atoms with Crippen LogP contribution in [0.4, 0.5) is 0 Å². The summed E-state index contributed by atoms with van der Waals surface area (Å²) in [6, 6.07) is 6.21. The van der Waals surface area contributed by atoms with Crippen LogP contribution in [-0.2, 0) is 19.1 Å². The van der Waals surface area contributed by atoms with Crippen LogP contribution in [0.5, 0.6) is 0 Å². The van der Waals surface area contributed by atoms with Crippen molar-refractivity contribution in [3.05, 3.63) is 53.1 Å². The lowest BCUT2D eigenvalue weighted by Gasteiger charge is -2.20. The van der Waals surface area contributed by atoms with Crippen LogP contribution in [-0.4, -0.2) is 25.2 Å². The molecule has 0 N–H and O–H groups in total. The number of carbonyl (C=O) groups excluding carboxylic acids is 2. The molecule has 0 radical (unpaired) electrons. The summed E-state index contributed by atoms with van der Waals surface area (Å²) in [6.07, 6.45) is 7.42. The molecule has 0 aliphatic rings. The predicted octanol–water partition coefficient (Wildman–Crippen LogP) is 4.40. The monoisotopic (exact) mass is 344 g/mol. The Morgan fingerprint density at radius 1 is 1.08 bits per heavy atom. The van der Waals surface area contributed by atoms with E-state index in [4.69, 9.17) is 9.47 Å². The molecule has 4 nitrogen and oxygen atoms in total. The number of allylic oxidation sites excluding steroid dienone is 2. The Morgan fingerprint density at radius 2 is 1.76 bits per heavy atom. The molecule has 0 aliphatic heterocycles. The minimum atomic E-state index is -0.511. The molecule has 4 heteroatoms. The average Bonchev–Trinajstić information content (AvgIpc) is 2.58. The highest BCUT2D eigenvalue weighted by Gasteiger charge is 2.26. The zero-order valence-electron chi connectivity index (χ0n) is 15.8. The summed E-state index contributed by atoms with van der Waals surface area (Å²) in [5, 5.41) is 0. The molecule has 0 fully saturated rings. The van der Waals surface area contributed by atoms with Gasteiger partial charge < -0.3 is 9.47 Å². The molecule has 0 aliphatic carbocycles. The number of benzene rings is 1. The van der Waals surface area contributed by atoms with Crippen LogP contribution in [0.25, 0.3) is 6.08 Å². The number of aryl methyl sites for hydroxylation is 2. The van der Waals surface area contributed by atoms with Crippen LogP contribution in [0.15, 0.2) is 36.4 Å². The topological polar surface area (TPSA) is 52.6 Å². The molecule has 1 rings (SSSR count). The Hall–Kier alpha value is -2.36. The molecule has 0 saturated carbocycles. The van der Waals surface area contributed by atoms with Crippen LogP contribution >= 0.6 is 0 Å². The number of hydrogen-bond donors (Lipinski definition) is 0. The van der Waals surface area contributed by atoms with Gasteiger partial charge in [-0.3, -0.25) is 4.79 Å². The van der Waals surface area contributed by atoms with Gasteiger partial charge in [0.25, 0.3) is 0 Å². The van der Waals surface area contributed by atoms with Crippen LogP contribution < -0.4 is 0 Å². The van der Waals surface area contributed by atoms with Crippen LogP contribution in [0.2, 0.25) is 0 Å². The van der Waals surface area contributed by atoms with Gasteiger partial charge in [-0.05, 0) is 45.2 Å². The minimum absolute atomic E-state index is 0.0510. The van der Waals surface area contributed by atoms with Crippen molar-refractivity contribution < 1.29 is 19.1 Å². The fourth-order valence-corrected chi connectivity index (χ4v) is 1.90. The van der Waals surface area contributed by atoms with Gasteiger partial charge in [0.2, 0.25) is 0 Å². The maximum atomic E-state index is 11.8. The van der Waals surface area contributed by atoms with Gasteiger partial charge in [0.1, 0.15) is 13.2 Å². The molecule has 0 amide bonds. The fourth-order valence-electron chi connectivity index (χ4n) is 1.90. The summed E-state index contributed by atoms with van der Waals surface area (Å²) in [5.41, 5.74) is 2.97. The normalized spacial score (nSPS) is 11.9. The number of ether oxygens (including phenoxy) is 2. The molecule has 0 atom stereocenters. The quantitative estimate of drug-likeness (QED) is 0.304. The largest absolute Gasteiger partial charge is 0.462 e. The second-order valence-electron chi connectivity index (χ2n) is 6.62. The van der Waals surface area contributed by atoms with Crippen molar-refractivity contribution in [2.45, 2.75) is 41.0 Å². The summed E-state index contributed by atoms with van der Waals surface area (Å²) >= 11 is 0. The van der Waals surface area contributed by atoms with E-state index in [2.05, 4.69) is 18.2 Å². The first-order valence-electron chi connectivity index (χ1n) is 8.52. The molecule has 1 aromatic carbocycles. The predicted molar refractivity (Wildman–Crippen MR) is 100 cm³/mol. The third-order valence-corrected chi connectivity index (χ3v) is 4.05. The maximum Gasteiger partial charge on any atom is 0.330 e. The molecule has 25 heavy (non-hydrogen) atoms. The van der Waals surface area contributed by atoms with Gasteiger partial charge in [0.15, 0.2) is 0 Å². The highest BCUT2D eigenvalue weighted by atomic mass is 16.6. The minimum Gasteiger partial charge on any atom is -0.462 e. The van der Waals surface area contributed by atoms with Crippen LogP contribution in [0.3, 0.4) is 0 Å². The highest BCUT2D eigenvalue weighted by Crippen LogP contribution is 2.21. The lowest BCUT2D eigenvalue weighted by atomic mass is 9.91. The van der Waals surface area contributed by atoms with Gasteiger partial charge >= 0.3 is 11.9 Å². The van der Waals surface area contributed by atoms with E-state index < -0.39 is 11.4 Å². The summed E-state index contributed by atoms with van der Waals surface area (Å²) in [6.45, 7) is 9.78. The van der Waals surface area contributed by atoms with Gasteiger partial charge in [-0.1, -0.05) is 48.9 Å². The molecule has 1 aromatic rings. The van der Waals surface area contributed by atoms with Crippen molar-refractivity contribution in [3.8, 4) is 0 Å². The SMILES string of the molecule is CCC(C)(C)C(=O)OCCOC(=O)/C=C/C=C/c1cc(C)ccc1C. The lowest BCUT2D eigenvalue weighted by molar-refractivity contribution is -0.157. The molecule has 0 heterocycles. The Balaban J connectivity index is 2.35. The first-order valence-corrected chi connectivity index (χ1v) is 8.52. The van der Waals surface area contributed by atoms with Crippen molar-refractivity contribution in [1.82, 2.24) is 0 Å². The van der Waals surface area contributed by atoms with E-state index >= 15 is 0 Å². The third kappa shape index (κ3) is 7.38. The number of esters is 2. The van der Waals surface area contributed by atoms with Gasteiger partial charge in [-0.15, -0.1) is 0 Å². The van der Waals surface area contributed by atoms with E-state index in [1.807, 2.05) is 40.7 Å². The van der Waals surface area contributed by atoms with Gasteiger partial charge in [-0.25, -0.2) is 4.79 Å². The van der Waals surface area contributed by atoms with Crippen molar-refractivity contribution in [1.29, 1.82) is 0 Å². The highest BCUT2D eigenvalue weighted by molar-refractivity contribution is 5.82. The summed E-state index contributed by atoms with van der Waals surface area (Å²) in [5.74, 6) is -0.741. The maximum absolute atomic E-state index is 11.8. The van der Waals surface area contributed by atoms with E-state index in [-0.39, 0.29) is 19.2 Å². The molecule has 0 spiro atoms. The molecular formula is C21H28O4. The molecule has 0 unspecified atom stereocenters. The van der Waals surface area contributed by atoms with E-state index in [1.54, 1.807) is 12.2 Å². The fraction of sp³-hybridized carbons (Fsp3) is 0.429. The second-order valence-corrected chi connectivity index (χ2v) is 6.62. The van der Waals surface area contributed by atoms with Crippen molar-refractivity contribution in [2.24, 2.45) is 5.41 Å². The van der Waals surface area contributed by atoms with Crippen molar-refractivity contribution >= 4 is 18.0 Å². The van der Waals surface area contributed by atoms with E-state index in [0.717, 1.165) is 5.56 Å². The molecule has 0 saturated heterocycles. The summed E-state index contributed by atoms with van der Waals surface area (Å²) < 4.78 is 10.1. The Labute approximate surface area is 150 Å². The van der Waals surface area contributed by atoms with Gasteiger partial charge in [0.05, 0.1) is 5.41 Å². The zero-order chi connectivity index (χ0) is 18.9. The Morgan fingerprint density at radius 3 is 2.44 bits per heavy atom. The number of hydrogen-bond acceptors (Lipinski definition) is 4. The van der Waals surface area contributed by atoms with Crippen molar-refractivity contribution in [2.75, 3.05) is 13.2 Å². The van der Waals surface area contributed by atoms with Crippen molar-refractivity contribution in [3.63, 3.8) is 0 Å². The standard InChI is InChI=1S/C21H28O4/c1-6-21(4,5)20(23)25-14-13-24-19(22)10-8-7-9-18-15-16(2)11-12-17(18)3/h7-12,15H,6,13-14H2,1-5H3/b9-7+,10-8+. The summed E-state index contributed by atoms with van der Waals surface area (Å²) in [7, 11) is 0. The third-order valence-electron chi connectivity index (χ3n) is 4.05. The van der Waals surface area contributed by atoms with Gasteiger partial charge in [0, 0.05) is 6.08 Å². The Bertz CT molecular complexity index is 654. The first-order chi connectivity index (χ1) is 11.8. The zero-order valence-corrected chi connectivity index (χ0v) is 15.8. The van der Waals surface area contributed by atoms with Gasteiger partial charge in [-0.2, -0.15) is 0 Å². The van der Waals surface area contributed by atoms with Crippen LogP contribution in [0, 0.1) is 19.3 Å². The number of rotatable bonds is 8. The Kier molecular flexibility index (Phi) is 8.12. The van der Waals surface area contributed by atoms with E-state index in [0.29, 0.717) is 6.42 Å². The van der Waals surface area contributed by atoms with E-state index in [1.165, 1.54) is 17.2 Å². The number of carbonyl (C=O) groups is 2. The average molecular weight is 344 g/mol. The molecular weight excluding hydrogens is 316 g/mol. The van der Waals surface area contributed by atoms with Crippen LogP contribution in [0.1, 0.15) is 43.9 Å². The second kappa shape index (κ2) is 9.82. The summed E-state index contributed by atoms with van der Waals surface area (Å²) in [4.78, 5) is 23.3. The molecule has 136 valence electrons. The van der Waals surface area contributed by atoms with E-state index in [9.17, 15) is 9.59 Å². The molecule has 0 aromatic heterocycles. The molecule has 0 bridgehead atoms.